The van der Waals surface area contributed by atoms with Crippen LogP contribution in [0.15, 0.2) is 0 Å². The molecule has 8 heavy (non-hydrogen) atoms. The Balaban J connectivity index is 2.64. The van der Waals surface area contributed by atoms with Gasteiger partial charge in [0.15, 0.2) is 5.78 Å². The fourth-order valence-electron chi connectivity index (χ4n) is 0.571. The lowest BCUT2D eigenvalue weighted by Gasteiger charge is -1.99. The second kappa shape index (κ2) is 1.56. The number of rotatable bonds is 0. The van der Waals surface area contributed by atoms with Gasteiger partial charge in [-0.2, -0.15) is 0 Å². The molecule has 1 fully saturated rings. The molecule has 4 heteroatoms. The van der Waals surface area contributed by atoms with Crippen molar-refractivity contribution in [2.45, 2.75) is 6.42 Å². The molecule has 0 aromatic rings. The second-order valence-electron chi connectivity index (χ2n) is 1.67. The van der Waals surface area contributed by atoms with Crippen LogP contribution < -0.4 is 0 Å². The van der Waals surface area contributed by atoms with E-state index in [0.29, 0.717) is 5.06 Å². The lowest BCUT2D eigenvalue weighted by atomic mass is 10.3. The summed E-state index contributed by atoms with van der Waals surface area (Å²) in [6.45, 7) is -0.140. The summed E-state index contributed by atoms with van der Waals surface area (Å²) in [5.41, 5.74) is 0. The Morgan fingerprint density at radius 2 is 2.12 bits per heavy atom. The van der Waals surface area contributed by atoms with Crippen LogP contribution in [0.2, 0.25) is 0 Å². The van der Waals surface area contributed by atoms with Crippen LogP contribution in [0.3, 0.4) is 0 Å². The highest BCUT2D eigenvalue weighted by Gasteiger charge is 2.25. The summed E-state index contributed by atoms with van der Waals surface area (Å²) in [4.78, 5) is 20.5. The van der Waals surface area contributed by atoms with Gasteiger partial charge in [-0.1, -0.05) is 0 Å². The molecule has 0 saturated carbocycles. The summed E-state index contributed by atoms with van der Waals surface area (Å²) in [6, 6.07) is 0. The molecule has 1 saturated heterocycles. The molecule has 1 rings (SSSR count). The summed E-state index contributed by atoms with van der Waals surface area (Å²) in [5.74, 6) is -0.729. The van der Waals surface area contributed by atoms with Crippen molar-refractivity contribution in [1.82, 2.24) is 5.06 Å². The molecule has 0 radical (unpaired) electrons. The maximum atomic E-state index is 10.2. The molecule has 1 amide bonds. The maximum Gasteiger partial charge on any atom is 0.253 e. The number of Topliss-reactive ketones (excluding diaryl/α,β-unsaturated/α-hetero) is 1. The Morgan fingerprint density at radius 3 is 2.25 bits per heavy atom. The van der Waals surface area contributed by atoms with Crippen LogP contribution in [0.5, 0.6) is 0 Å². The molecular weight excluding hydrogens is 110 g/mol. The molecule has 0 aromatic heterocycles. The zero-order valence-corrected chi connectivity index (χ0v) is 4.13. The Bertz CT molecular complexity index is 142. The topological polar surface area (TPSA) is 57.6 Å². The lowest BCUT2D eigenvalue weighted by molar-refractivity contribution is -0.157. The largest absolute Gasteiger partial charge is 0.297 e. The van der Waals surface area contributed by atoms with E-state index in [-0.39, 0.29) is 18.7 Å². The monoisotopic (exact) mass is 115 g/mol. The number of hydrogen-bond acceptors (Lipinski definition) is 3. The molecule has 1 N–H and O–H groups in total. The van der Waals surface area contributed by atoms with E-state index in [9.17, 15) is 9.59 Å². The Hall–Kier alpha value is -0.900. The zero-order valence-electron chi connectivity index (χ0n) is 4.13. The fourth-order valence-corrected chi connectivity index (χ4v) is 0.571. The van der Waals surface area contributed by atoms with Gasteiger partial charge in [0, 0.05) is 0 Å². The normalized spacial score (nSPS) is 20.4. The predicted molar refractivity (Wildman–Crippen MR) is 23.1 cm³/mol. The average molecular weight is 115 g/mol. The van der Waals surface area contributed by atoms with E-state index in [1.54, 1.807) is 0 Å². The zero-order chi connectivity index (χ0) is 6.15. The van der Waals surface area contributed by atoms with Crippen LogP contribution in [0, 0.1) is 0 Å². The number of hydrogen-bond donors (Lipinski definition) is 1. The van der Waals surface area contributed by atoms with Gasteiger partial charge in [-0.05, 0) is 0 Å². The number of hydroxylamine groups is 2. The van der Waals surface area contributed by atoms with Crippen molar-refractivity contribution in [3.8, 4) is 0 Å². The van der Waals surface area contributed by atoms with E-state index in [4.69, 9.17) is 5.21 Å². The van der Waals surface area contributed by atoms with Gasteiger partial charge in [-0.25, -0.2) is 5.06 Å². The van der Waals surface area contributed by atoms with Gasteiger partial charge in [0.25, 0.3) is 5.91 Å². The predicted octanol–water partition coefficient (Wildman–Crippen LogP) is -0.823. The minimum Gasteiger partial charge on any atom is -0.297 e. The molecule has 0 aliphatic carbocycles. The van der Waals surface area contributed by atoms with E-state index < -0.39 is 5.91 Å². The third-order valence-electron chi connectivity index (χ3n) is 0.962. The Morgan fingerprint density at radius 1 is 1.50 bits per heavy atom. The highest BCUT2D eigenvalue weighted by Crippen LogP contribution is 2.00. The van der Waals surface area contributed by atoms with E-state index in [1.165, 1.54) is 0 Å². The Kier molecular flexibility index (Phi) is 1.02. The van der Waals surface area contributed by atoms with E-state index in [2.05, 4.69) is 0 Å². The first-order valence-electron chi connectivity index (χ1n) is 2.21. The highest BCUT2D eigenvalue weighted by atomic mass is 16.5. The Labute approximate surface area is 45.7 Å². The SMILES string of the molecule is O=C1CC(=O)N(O)C1. The van der Waals surface area contributed by atoms with Gasteiger partial charge in [0.1, 0.15) is 6.54 Å². The summed E-state index contributed by atoms with van der Waals surface area (Å²) in [5, 5.41) is 8.86. The summed E-state index contributed by atoms with van der Waals surface area (Å²) >= 11 is 0. The molecule has 1 heterocycles. The van der Waals surface area contributed by atoms with Crippen molar-refractivity contribution >= 4 is 11.7 Å². The number of carbonyl (C=O) groups excluding carboxylic acids is 2. The molecule has 0 unspecified atom stereocenters. The number of carbonyl (C=O) groups is 2. The van der Waals surface area contributed by atoms with Crippen LogP contribution in [-0.4, -0.2) is 28.5 Å². The van der Waals surface area contributed by atoms with Crippen molar-refractivity contribution in [2.24, 2.45) is 0 Å². The standard InChI is InChI=1S/C4H5NO3/c6-3-1-4(7)5(8)2-3/h8H,1-2H2. The first kappa shape index (κ1) is 5.24. The molecule has 44 valence electrons. The molecule has 1 aliphatic heterocycles. The minimum atomic E-state index is -0.505. The van der Waals surface area contributed by atoms with E-state index >= 15 is 0 Å². The third-order valence-corrected chi connectivity index (χ3v) is 0.962. The first-order valence-corrected chi connectivity index (χ1v) is 2.21. The average Bonchev–Trinajstić information content (AvgIpc) is 1.85. The molecule has 0 atom stereocenters. The smallest absolute Gasteiger partial charge is 0.253 e. The lowest BCUT2D eigenvalue weighted by Crippen LogP contribution is -2.19. The third kappa shape index (κ3) is 0.696. The van der Waals surface area contributed by atoms with Gasteiger partial charge in [-0.15, -0.1) is 0 Å². The van der Waals surface area contributed by atoms with Crippen molar-refractivity contribution in [3.63, 3.8) is 0 Å². The van der Waals surface area contributed by atoms with Crippen LogP contribution in [-0.2, 0) is 9.59 Å². The molecule has 1 aliphatic rings. The van der Waals surface area contributed by atoms with Gasteiger partial charge < -0.3 is 0 Å². The van der Waals surface area contributed by atoms with E-state index in [1.807, 2.05) is 0 Å². The molecule has 4 nitrogen and oxygen atoms in total. The van der Waals surface area contributed by atoms with Crippen LogP contribution >= 0.6 is 0 Å². The summed E-state index contributed by atoms with van der Waals surface area (Å²) in [6.07, 6.45) is -0.142. The van der Waals surface area contributed by atoms with Crippen molar-refractivity contribution in [3.05, 3.63) is 0 Å². The van der Waals surface area contributed by atoms with Gasteiger partial charge >= 0.3 is 0 Å². The highest BCUT2D eigenvalue weighted by molar-refractivity contribution is 6.04. The van der Waals surface area contributed by atoms with Gasteiger partial charge in [0.2, 0.25) is 0 Å². The van der Waals surface area contributed by atoms with Crippen LogP contribution in [0.4, 0.5) is 0 Å². The van der Waals surface area contributed by atoms with Crippen molar-refractivity contribution in [1.29, 1.82) is 0 Å². The molecular formula is C4H5NO3. The quantitative estimate of drug-likeness (QED) is 0.331. The summed E-state index contributed by atoms with van der Waals surface area (Å²) in [7, 11) is 0. The number of amides is 1. The van der Waals surface area contributed by atoms with Gasteiger partial charge in [-0.3, -0.25) is 14.8 Å². The molecule has 0 spiro atoms. The van der Waals surface area contributed by atoms with Crippen molar-refractivity contribution in [2.75, 3.05) is 6.54 Å². The first-order chi connectivity index (χ1) is 3.70. The van der Waals surface area contributed by atoms with Crippen LogP contribution in [0.25, 0.3) is 0 Å². The summed E-state index contributed by atoms with van der Waals surface area (Å²) < 4.78 is 0. The van der Waals surface area contributed by atoms with Gasteiger partial charge in [0.05, 0.1) is 6.42 Å². The van der Waals surface area contributed by atoms with E-state index in [0.717, 1.165) is 0 Å². The van der Waals surface area contributed by atoms with Crippen LogP contribution in [0.1, 0.15) is 6.42 Å². The minimum absolute atomic E-state index is 0.140. The second-order valence-corrected chi connectivity index (χ2v) is 1.67. The number of ketones is 1. The van der Waals surface area contributed by atoms with Crippen molar-refractivity contribution < 1.29 is 14.8 Å². The molecule has 0 bridgehead atoms. The number of nitrogens with zero attached hydrogens (tertiary/aromatic N) is 1. The fraction of sp³-hybridized carbons (Fsp3) is 0.500. The maximum absolute atomic E-state index is 10.2. The molecule has 0 aromatic carbocycles.